The van der Waals surface area contributed by atoms with Crippen LogP contribution in [0.1, 0.15) is 0 Å². The number of aromatic nitrogens is 6. The van der Waals surface area contributed by atoms with E-state index in [0.717, 1.165) is 44.6 Å². The molecular weight excluding hydrogens is 569 g/mol. The van der Waals surface area contributed by atoms with E-state index < -0.39 is 0 Å². The van der Waals surface area contributed by atoms with Gasteiger partial charge >= 0.3 is 19.5 Å². The second-order valence-electron chi connectivity index (χ2n) is 8.08. The van der Waals surface area contributed by atoms with Crippen molar-refractivity contribution >= 4 is 21.8 Å². The molecule has 0 fully saturated rings. The Balaban J connectivity index is 0.000000135. The molecule has 0 bridgehead atoms. The fourth-order valence-corrected chi connectivity index (χ4v) is 3.74. The maximum absolute atomic E-state index is 4.35. The van der Waals surface area contributed by atoms with Crippen LogP contribution in [0.25, 0.3) is 44.6 Å². The van der Waals surface area contributed by atoms with E-state index in [1.165, 1.54) is 0 Å². The summed E-state index contributed by atoms with van der Waals surface area (Å²) in [5, 5.41) is 2.28. The van der Waals surface area contributed by atoms with Crippen molar-refractivity contribution in [2.24, 2.45) is 0 Å². The minimum atomic E-state index is 0. The summed E-state index contributed by atoms with van der Waals surface area (Å²) in [6.45, 7) is 0. The molecular formula is C32H24N6Ru+2. The van der Waals surface area contributed by atoms with Gasteiger partial charge in [0.1, 0.15) is 0 Å². The van der Waals surface area contributed by atoms with Crippen LogP contribution < -0.4 is 0 Å². The van der Waals surface area contributed by atoms with Crippen LogP contribution in [-0.2, 0) is 19.5 Å². The Morgan fingerprint density at radius 3 is 0.872 bits per heavy atom. The zero-order valence-electron chi connectivity index (χ0n) is 20.9. The second kappa shape index (κ2) is 14.3. The molecule has 188 valence electrons. The van der Waals surface area contributed by atoms with Crippen molar-refractivity contribution in [3.8, 4) is 22.8 Å². The number of rotatable bonds is 2. The topological polar surface area (TPSA) is 77.3 Å². The summed E-state index contributed by atoms with van der Waals surface area (Å²) in [6.07, 6.45) is 10.7. The van der Waals surface area contributed by atoms with Gasteiger partial charge in [0, 0.05) is 48.0 Å². The van der Waals surface area contributed by atoms with Gasteiger partial charge in [-0.05, 0) is 60.7 Å². The summed E-state index contributed by atoms with van der Waals surface area (Å²) in [7, 11) is 0. The minimum absolute atomic E-state index is 0. The molecule has 39 heavy (non-hydrogen) atoms. The number of benzene rings is 1. The Hall–Kier alpha value is -4.74. The Morgan fingerprint density at radius 1 is 0.282 bits per heavy atom. The average molecular weight is 594 g/mol. The third-order valence-corrected chi connectivity index (χ3v) is 5.53. The van der Waals surface area contributed by atoms with E-state index >= 15 is 0 Å². The predicted octanol–water partition coefficient (Wildman–Crippen LogP) is 7.07. The van der Waals surface area contributed by atoms with E-state index in [4.69, 9.17) is 0 Å². The zero-order valence-corrected chi connectivity index (χ0v) is 22.6. The first-order chi connectivity index (χ1) is 18.9. The van der Waals surface area contributed by atoms with Crippen molar-refractivity contribution in [2.45, 2.75) is 0 Å². The average Bonchev–Trinajstić information content (AvgIpc) is 3.03. The molecule has 0 unspecified atom stereocenters. The molecule has 0 atom stereocenters. The van der Waals surface area contributed by atoms with Crippen LogP contribution in [0, 0.1) is 0 Å². The number of hydrogen-bond donors (Lipinski definition) is 0. The molecule has 7 heteroatoms. The molecule has 6 aromatic heterocycles. The van der Waals surface area contributed by atoms with E-state index in [1.807, 2.05) is 84.9 Å². The van der Waals surface area contributed by atoms with E-state index in [0.29, 0.717) is 0 Å². The Morgan fingerprint density at radius 2 is 0.590 bits per heavy atom. The van der Waals surface area contributed by atoms with E-state index in [9.17, 15) is 0 Å². The van der Waals surface area contributed by atoms with Gasteiger partial charge in [0.05, 0.1) is 33.8 Å². The van der Waals surface area contributed by atoms with Gasteiger partial charge in [-0.2, -0.15) is 0 Å². The van der Waals surface area contributed by atoms with Crippen molar-refractivity contribution < 1.29 is 19.5 Å². The van der Waals surface area contributed by atoms with Crippen LogP contribution in [0.4, 0.5) is 0 Å². The van der Waals surface area contributed by atoms with Crippen LogP contribution in [0.3, 0.4) is 0 Å². The monoisotopic (exact) mass is 594 g/mol. The minimum Gasteiger partial charge on any atom is -0.255 e. The fraction of sp³-hybridized carbons (Fsp3) is 0. The summed E-state index contributed by atoms with van der Waals surface area (Å²) in [5.74, 6) is 0. The fourth-order valence-electron chi connectivity index (χ4n) is 3.74. The molecule has 0 saturated carbocycles. The molecule has 0 N–H and O–H groups in total. The molecule has 0 amide bonds. The predicted molar refractivity (Wildman–Crippen MR) is 152 cm³/mol. The normalized spacial score (nSPS) is 9.85. The molecule has 0 saturated heterocycles. The van der Waals surface area contributed by atoms with Crippen molar-refractivity contribution in [1.29, 1.82) is 0 Å². The van der Waals surface area contributed by atoms with Gasteiger partial charge in [0.2, 0.25) is 0 Å². The molecule has 7 rings (SSSR count). The quantitative estimate of drug-likeness (QED) is 0.158. The zero-order chi connectivity index (χ0) is 25.8. The molecule has 0 spiro atoms. The molecule has 0 aliphatic rings. The first kappa shape index (κ1) is 27.3. The standard InChI is InChI=1S/C12H8N2.2C10H8N2.Ru/c1-3-9-5-6-10-4-2-8-14-12(10)11(9)13-7-1;2*1-3-7-11-9(5-1)10-6-2-4-8-12-10;/h1-8H;2*1-8H;/q;;;+2. The summed E-state index contributed by atoms with van der Waals surface area (Å²) in [4.78, 5) is 25.4. The number of hydrogen-bond acceptors (Lipinski definition) is 6. The van der Waals surface area contributed by atoms with E-state index in [1.54, 1.807) is 37.2 Å². The molecule has 0 radical (unpaired) electrons. The van der Waals surface area contributed by atoms with Gasteiger partial charge in [-0.15, -0.1) is 0 Å². The maximum atomic E-state index is 4.35. The molecule has 6 heterocycles. The molecule has 7 aromatic rings. The summed E-state index contributed by atoms with van der Waals surface area (Å²) in [5.41, 5.74) is 5.61. The number of nitrogens with zero attached hydrogens (tertiary/aromatic N) is 6. The van der Waals surface area contributed by atoms with Gasteiger partial charge in [-0.25, -0.2) is 0 Å². The van der Waals surface area contributed by atoms with E-state index in [2.05, 4.69) is 54.2 Å². The van der Waals surface area contributed by atoms with Gasteiger partial charge in [-0.1, -0.05) is 48.5 Å². The van der Waals surface area contributed by atoms with Crippen molar-refractivity contribution in [1.82, 2.24) is 29.9 Å². The van der Waals surface area contributed by atoms with Crippen LogP contribution in [0.15, 0.2) is 146 Å². The van der Waals surface area contributed by atoms with Gasteiger partial charge in [0.25, 0.3) is 0 Å². The van der Waals surface area contributed by atoms with Crippen LogP contribution in [0.2, 0.25) is 0 Å². The summed E-state index contributed by atoms with van der Waals surface area (Å²) in [6, 6.07) is 35.3. The maximum Gasteiger partial charge on any atom is 2.00 e. The van der Waals surface area contributed by atoms with Crippen molar-refractivity contribution in [3.05, 3.63) is 146 Å². The van der Waals surface area contributed by atoms with Gasteiger partial charge < -0.3 is 0 Å². The first-order valence-electron chi connectivity index (χ1n) is 12.1. The van der Waals surface area contributed by atoms with Crippen molar-refractivity contribution in [2.75, 3.05) is 0 Å². The Kier molecular flexibility index (Phi) is 9.99. The summed E-state index contributed by atoms with van der Waals surface area (Å²) >= 11 is 0. The SMILES string of the molecule is [Ru+2].c1ccc(-c2ccccn2)nc1.c1ccc(-c2ccccn2)nc1.c1cnc2c(c1)ccc1cccnc12. The molecule has 6 nitrogen and oxygen atoms in total. The number of fused-ring (bicyclic) bond motifs is 3. The van der Waals surface area contributed by atoms with Crippen LogP contribution in [-0.4, -0.2) is 29.9 Å². The molecule has 1 aromatic carbocycles. The molecule has 0 aliphatic carbocycles. The second-order valence-corrected chi connectivity index (χ2v) is 8.08. The Bertz CT molecular complexity index is 1500. The van der Waals surface area contributed by atoms with Crippen LogP contribution >= 0.6 is 0 Å². The largest absolute Gasteiger partial charge is 2.00 e. The Labute approximate surface area is 239 Å². The van der Waals surface area contributed by atoms with Gasteiger partial charge in [0.15, 0.2) is 0 Å². The third kappa shape index (κ3) is 7.40. The van der Waals surface area contributed by atoms with E-state index in [-0.39, 0.29) is 19.5 Å². The molecule has 0 aliphatic heterocycles. The first-order valence-corrected chi connectivity index (χ1v) is 12.1. The number of pyridine rings is 6. The summed E-state index contributed by atoms with van der Waals surface area (Å²) < 4.78 is 0. The van der Waals surface area contributed by atoms with Crippen molar-refractivity contribution in [3.63, 3.8) is 0 Å². The third-order valence-electron chi connectivity index (χ3n) is 5.53. The van der Waals surface area contributed by atoms with Gasteiger partial charge in [-0.3, -0.25) is 29.9 Å². The smallest absolute Gasteiger partial charge is 0.255 e. The van der Waals surface area contributed by atoms with Crippen LogP contribution in [0.5, 0.6) is 0 Å².